The summed E-state index contributed by atoms with van der Waals surface area (Å²) < 4.78 is 7.62. The molecule has 0 bridgehead atoms. The van der Waals surface area contributed by atoms with Crippen LogP contribution in [-0.4, -0.2) is 31.2 Å². The molecule has 1 N–H and O–H groups in total. The number of thioether (sulfide) groups is 1. The zero-order valence-corrected chi connectivity index (χ0v) is 18.0. The van der Waals surface area contributed by atoms with Crippen LogP contribution >= 0.6 is 11.8 Å². The third-order valence-corrected chi connectivity index (χ3v) is 5.65. The van der Waals surface area contributed by atoms with Crippen LogP contribution in [0, 0.1) is 6.92 Å². The van der Waals surface area contributed by atoms with Crippen LogP contribution in [0.3, 0.4) is 0 Å². The number of fused-ring (bicyclic) bond motifs is 3. The van der Waals surface area contributed by atoms with Crippen molar-refractivity contribution >= 4 is 39.9 Å². The highest BCUT2D eigenvalue weighted by atomic mass is 32.2. The fourth-order valence-corrected chi connectivity index (χ4v) is 4.06. The van der Waals surface area contributed by atoms with Crippen molar-refractivity contribution in [1.29, 1.82) is 0 Å². The minimum Gasteiger partial charge on any atom is -0.455 e. The fourth-order valence-electron chi connectivity index (χ4n) is 3.32. The van der Waals surface area contributed by atoms with Gasteiger partial charge in [0.25, 0.3) is 0 Å². The van der Waals surface area contributed by atoms with Crippen LogP contribution < -0.4 is 10.1 Å². The normalized spacial score (nSPS) is 11.0. The Morgan fingerprint density at radius 2 is 1.72 bits per heavy atom. The van der Waals surface area contributed by atoms with E-state index in [0.717, 1.165) is 16.6 Å². The van der Waals surface area contributed by atoms with Crippen LogP contribution in [-0.2, 0) is 4.79 Å². The second-order valence-corrected chi connectivity index (χ2v) is 8.00. The van der Waals surface area contributed by atoms with Gasteiger partial charge in [-0.05, 0) is 43.3 Å². The summed E-state index contributed by atoms with van der Waals surface area (Å²) in [5.41, 5.74) is 2.16. The number of nitrogens with one attached hydrogen (secondary N) is 1. The van der Waals surface area contributed by atoms with Gasteiger partial charge in [0.1, 0.15) is 11.6 Å². The number of carbonyl (C=O) groups excluding carboxylic acids is 1. The smallest absolute Gasteiger partial charge is 0.234 e. The summed E-state index contributed by atoms with van der Waals surface area (Å²) in [5.74, 6) is 1.93. The van der Waals surface area contributed by atoms with Gasteiger partial charge in [0.15, 0.2) is 16.6 Å². The summed E-state index contributed by atoms with van der Waals surface area (Å²) in [6.45, 7) is 1.84. The summed E-state index contributed by atoms with van der Waals surface area (Å²) in [6.07, 6.45) is 0. The van der Waals surface area contributed by atoms with Crippen molar-refractivity contribution < 1.29 is 9.53 Å². The van der Waals surface area contributed by atoms with E-state index in [2.05, 4.69) is 20.4 Å². The molecule has 158 valence electrons. The number of benzene rings is 3. The SMILES string of the molecule is Cc1nc2c3ccccc3nc(SCC(=O)Nc3ccccc3Oc3ccccc3)n2n1. The second-order valence-electron chi connectivity index (χ2n) is 7.05. The number of hydrogen-bond acceptors (Lipinski definition) is 6. The molecule has 0 unspecified atom stereocenters. The number of nitrogens with zero attached hydrogens (tertiary/aromatic N) is 4. The standard InChI is InChI=1S/C24H19N5O2S/c1-16-25-23-18-11-5-6-12-19(18)27-24(29(23)28-16)32-15-22(30)26-20-13-7-8-14-21(20)31-17-9-3-2-4-10-17/h2-14H,15H2,1H3,(H,26,30). The third-order valence-electron chi connectivity index (χ3n) is 4.72. The molecular weight excluding hydrogens is 422 g/mol. The lowest BCUT2D eigenvalue weighted by atomic mass is 10.2. The number of amides is 1. The molecule has 0 spiro atoms. The maximum absolute atomic E-state index is 12.7. The Balaban J connectivity index is 1.34. The van der Waals surface area contributed by atoms with Gasteiger partial charge in [-0.15, -0.1) is 5.10 Å². The zero-order valence-electron chi connectivity index (χ0n) is 17.2. The largest absolute Gasteiger partial charge is 0.455 e. The monoisotopic (exact) mass is 441 g/mol. The van der Waals surface area contributed by atoms with E-state index in [1.54, 1.807) is 4.52 Å². The van der Waals surface area contributed by atoms with Gasteiger partial charge in [-0.3, -0.25) is 4.79 Å². The summed E-state index contributed by atoms with van der Waals surface area (Å²) in [5, 5.41) is 8.93. The maximum Gasteiger partial charge on any atom is 0.234 e. The Hall–Kier alpha value is -3.91. The molecule has 0 aliphatic rings. The minimum atomic E-state index is -0.168. The van der Waals surface area contributed by atoms with E-state index in [0.29, 0.717) is 28.2 Å². The molecule has 8 heteroatoms. The molecule has 0 aliphatic carbocycles. The first-order valence-corrected chi connectivity index (χ1v) is 11.0. The summed E-state index contributed by atoms with van der Waals surface area (Å²) in [6, 6.07) is 24.6. The number of aromatic nitrogens is 4. The van der Waals surface area contributed by atoms with E-state index >= 15 is 0 Å². The van der Waals surface area contributed by atoms with E-state index in [9.17, 15) is 4.79 Å². The Labute approximate surface area is 188 Å². The third kappa shape index (κ3) is 4.13. The van der Waals surface area contributed by atoms with Gasteiger partial charge in [-0.25, -0.2) is 9.97 Å². The molecular formula is C24H19N5O2S. The quantitative estimate of drug-likeness (QED) is 0.291. The van der Waals surface area contributed by atoms with E-state index in [1.807, 2.05) is 85.8 Å². The maximum atomic E-state index is 12.7. The predicted octanol–water partition coefficient (Wildman–Crippen LogP) is 5.11. The summed E-state index contributed by atoms with van der Waals surface area (Å²) >= 11 is 1.31. The average molecular weight is 442 g/mol. The van der Waals surface area contributed by atoms with Gasteiger partial charge in [0.2, 0.25) is 5.91 Å². The van der Waals surface area contributed by atoms with E-state index < -0.39 is 0 Å². The average Bonchev–Trinajstić information content (AvgIpc) is 3.21. The van der Waals surface area contributed by atoms with Crippen molar-refractivity contribution in [3.63, 3.8) is 0 Å². The van der Waals surface area contributed by atoms with Crippen LogP contribution in [0.1, 0.15) is 5.82 Å². The molecule has 2 aromatic heterocycles. The predicted molar refractivity (Wildman–Crippen MR) is 125 cm³/mol. The number of carbonyl (C=O) groups is 1. The molecule has 1 amide bonds. The van der Waals surface area contributed by atoms with E-state index in [1.165, 1.54) is 11.8 Å². The molecule has 0 atom stereocenters. The van der Waals surface area contributed by atoms with Crippen LogP contribution in [0.2, 0.25) is 0 Å². The molecule has 7 nitrogen and oxygen atoms in total. The number of aryl methyl sites for hydroxylation is 1. The van der Waals surface area contributed by atoms with Gasteiger partial charge in [-0.1, -0.05) is 54.2 Å². The Morgan fingerprint density at radius 3 is 2.59 bits per heavy atom. The molecule has 0 fully saturated rings. The van der Waals surface area contributed by atoms with Crippen molar-refractivity contribution in [3.8, 4) is 11.5 Å². The lowest BCUT2D eigenvalue weighted by Crippen LogP contribution is -2.15. The molecule has 5 aromatic rings. The molecule has 0 aliphatic heterocycles. The highest BCUT2D eigenvalue weighted by Crippen LogP contribution is 2.30. The highest BCUT2D eigenvalue weighted by molar-refractivity contribution is 7.99. The lowest BCUT2D eigenvalue weighted by molar-refractivity contribution is -0.113. The van der Waals surface area contributed by atoms with Gasteiger partial charge < -0.3 is 10.1 Å². The highest BCUT2D eigenvalue weighted by Gasteiger charge is 2.15. The van der Waals surface area contributed by atoms with Crippen molar-refractivity contribution in [2.24, 2.45) is 0 Å². The molecule has 5 rings (SSSR count). The molecule has 32 heavy (non-hydrogen) atoms. The Kier molecular flexibility index (Phi) is 5.43. The zero-order chi connectivity index (χ0) is 21.9. The Morgan fingerprint density at radius 1 is 0.969 bits per heavy atom. The van der Waals surface area contributed by atoms with Crippen molar-refractivity contribution in [1.82, 2.24) is 19.6 Å². The number of rotatable bonds is 6. The minimum absolute atomic E-state index is 0.166. The van der Waals surface area contributed by atoms with Crippen molar-refractivity contribution in [2.75, 3.05) is 11.1 Å². The summed E-state index contributed by atoms with van der Waals surface area (Å²) in [7, 11) is 0. The lowest BCUT2D eigenvalue weighted by Gasteiger charge is -2.12. The second kappa shape index (κ2) is 8.68. The molecule has 2 heterocycles. The van der Waals surface area contributed by atoms with Crippen molar-refractivity contribution in [3.05, 3.63) is 84.7 Å². The molecule has 0 saturated carbocycles. The Bertz CT molecular complexity index is 1420. The topological polar surface area (TPSA) is 81.4 Å². The summed E-state index contributed by atoms with van der Waals surface area (Å²) in [4.78, 5) is 22.0. The van der Waals surface area contributed by atoms with Gasteiger partial charge in [0, 0.05) is 5.39 Å². The van der Waals surface area contributed by atoms with Crippen LogP contribution in [0.5, 0.6) is 11.5 Å². The molecule has 0 saturated heterocycles. The van der Waals surface area contributed by atoms with Crippen LogP contribution in [0.4, 0.5) is 5.69 Å². The molecule has 3 aromatic carbocycles. The number of ether oxygens (including phenoxy) is 1. The number of anilines is 1. The van der Waals surface area contributed by atoms with Crippen LogP contribution in [0.25, 0.3) is 16.6 Å². The first-order chi connectivity index (χ1) is 15.7. The van der Waals surface area contributed by atoms with Gasteiger partial charge in [-0.2, -0.15) is 4.52 Å². The molecule has 0 radical (unpaired) electrons. The van der Waals surface area contributed by atoms with E-state index in [4.69, 9.17) is 4.74 Å². The first-order valence-electron chi connectivity index (χ1n) is 10.0. The number of hydrogen-bond donors (Lipinski definition) is 1. The number of para-hydroxylation sites is 4. The van der Waals surface area contributed by atoms with Gasteiger partial charge >= 0.3 is 0 Å². The van der Waals surface area contributed by atoms with Crippen LogP contribution in [0.15, 0.2) is 84.0 Å². The van der Waals surface area contributed by atoms with E-state index in [-0.39, 0.29) is 11.7 Å². The van der Waals surface area contributed by atoms with Gasteiger partial charge in [0.05, 0.1) is 17.0 Å². The fraction of sp³-hybridized carbons (Fsp3) is 0.0833. The van der Waals surface area contributed by atoms with Crippen molar-refractivity contribution in [2.45, 2.75) is 12.1 Å². The first kappa shape index (κ1) is 20.0.